The summed E-state index contributed by atoms with van der Waals surface area (Å²) in [6.07, 6.45) is 7.12. The molecule has 0 atom stereocenters. The minimum absolute atomic E-state index is 0.0366. The summed E-state index contributed by atoms with van der Waals surface area (Å²) in [5.74, 6) is -0.209. The molecule has 148 valence electrons. The molecule has 0 saturated heterocycles. The predicted octanol–water partition coefficient (Wildman–Crippen LogP) is 4.85. The molecule has 0 aliphatic rings. The van der Waals surface area contributed by atoms with Crippen LogP contribution < -0.4 is 0 Å². The summed E-state index contributed by atoms with van der Waals surface area (Å²) in [7, 11) is 1.39. The van der Waals surface area contributed by atoms with Crippen molar-refractivity contribution in [1.29, 1.82) is 0 Å². The SMILES string of the molecule is COC(=O)Cc1cccc(C=CCCn2cccc2C(=O)c2ccc(C)cc2)c1. The van der Waals surface area contributed by atoms with Gasteiger partial charge in [-0.3, -0.25) is 9.59 Å². The first-order chi connectivity index (χ1) is 14.1. The van der Waals surface area contributed by atoms with Crippen LogP contribution in [0.1, 0.15) is 39.2 Å². The van der Waals surface area contributed by atoms with Crippen molar-refractivity contribution in [1.82, 2.24) is 4.57 Å². The average Bonchev–Trinajstić information content (AvgIpc) is 3.20. The summed E-state index contributed by atoms with van der Waals surface area (Å²) in [4.78, 5) is 24.2. The predicted molar refractivity (Wildman–Crippen MR) is 115 cm³/mol. The number of ether oxygens (including phenoxy) is 1. The van der Waals surface area contributed by atoms with Crippen molar-refractivity contribution in [2.24, 2.45) is 0 Å². The maximum Gasteiger partial charge on any atom is 0.309 e. The molecule has 4 heteroatoms. The Morgan fingerprint density at radius 1 is 1.03 bits per heavy atom. The van der Waals surface area contributed by atoms with Crippen LogP contribution in [0, 0.1) is 6.92 Å². The third-order valence-electron chi connectivity index (χ3n) is 4.75. The first-order valence-electron chi connectivity index (χ1n) is 9.65. The minimum Gasteiger partial charge on any atom is -0.469 e. The van der Waals surface area contributed by atoms with Crippen molar-refractivity contribution < 1.29 is 14.3 Å². The van der Waals surface area contributed by atoms with E-state index in [-0.39, 0.29) is 18.2 Å². The highest BCUT2D eigenvalue weighted by Gasteiger charge is 2.12. The van der Waals surface area contributed by atoms with Crippen molar-refractivity contribution in [2.75, 3.05) is 7.11 Å². The second kappa shape index (κ2) is 9.69. The lowest BCUT2D eigenvalue weighted by molar-refractivity contribution is -0.139. The van der Waals surface area contributed by atoms with E-state index in [2.05, 4.69) is 6.08 Å². The maximum atomic E-state index is 12.8. The molecule has 4 nitrogen and oxygen atoms in total. The summed E-state index contributed by atoms with van der Waals surface area (Å²) in [5.41, 5.74) is 4.50. The molecule has 0 radical (unpaired) electrons. The number of carbonyl (C=O) groups is 2. The molecule has 3 rings (SSSR count). The van der Waals surface area contributed by atoms with Gasteiger partial charge in [0.2, 0.25) is 5.78 Å². The molecule has 0 aliphatic heterocycles. The van der Waals surface area contributed by atoms with E-state index in [1.54, 1.807) is 0 Å². The molecule has 0 aliphatic carbocycles. The zero-order valence-corrected chi connectivity index (χ0v) is 16.8. The molecule has 0 amide bonds. The number of ketones is 1. The fourth-order valence-electron chi connectivity index (χ4n) is 3.15. The van der Waals surface area contributed by atoms with Crippen molar-refractivity contribution >= 4 is 17.8 Å². The number of benzene rings is 2. The first-order valence-corrected chi connectivity index (χ1v) is 9.65. The zero-order valence-electron chi connectivity index (χ0n) is 16.8. The molecule has 2 aromatic carbocycles. The van der Waals surface area contributed by atoms with Crippen molar-refractivity contribution in [3.05, 3.63) is 101 Å². The number of methoxy groups -OCH3 is 1. The Balaban J connectivity index is 1.61. The molecular formula is C25H25NO3. The van der Waals surface area contributed by atoms with E-state index in [0.717, 1.165) is 29.7 Å². The Morgan fingerprint density at radius 3 is 2.59 bits per heavy atom. The highest BCUT2D eigenvalue weighted by atomic mass is 16.5. The third kappa shape index (κ3) is 5.55. The molecule has 3 aromatic rings. The number of allylic oxidation sites excluding steroid dienone is 1. The Morgan fingerprint density at radius 2 is 1.83 bits per heavy atom. The smallest absolute Gasteiger partial charge is 0.309 e. The van der Waals surface area contributed by atoms with Gasteiger partial charge in [0, 0.05) is 18.3 Å². The van der Waals surface area contributed by atoms with Gasteiger partial charge in [0.15, 0.2) is 0 Å². The van der Waals surface area contributed by atoms with E-state index in [1.165, 1.54) is 7.11 Å². The van der Waals surface area contributed by atoms with Crippen molar-refractivity contribution in [2.45, 2.75) is 26.3 Å². The summed E-state index contributed by atoms with van der Waals surface area (Å²) in [6.45, 7) is 2.73. The maximum absolute atomic E-state index is 12.8. The number of carbonyl (C=O) groups excluding carboxylic acids is 2. The molecule has 1 aromatic heterocycles. The lowest BCUT2D eigenvalue weighted by atomic mass is 10.1. The summed E-state index contributed by atoms with van der Waals surface area (Å²) < 4.78 is 6.70. The number of aryl methyl sites for hydroxylation is 2. The average molecular weight is 387 g/mol. The van der Waals surface area contributed by atoms with E-state index in [0.29, 0.717) is 11.3 Å². The number of rotatable bonds is 8. The van der Waals surface area contributed by atoms with Crippen LogP contribution in [0.15, 0.2) is 72.9 Å². The molecular weight excluding hydrogens is 362 g/mol. The van der Waals surface area contributed by atoms with Crippen LogP contribution in [0.5, 0.6) is 0 Å². The van der Waals surface area contributed by atoms with Gasteiger partial charge in [-0.05, 0) is 36.6 Å². The Hall–Kier alpha value is -3.40. The number of hydrogen-bond donors (Lipinski definition) is 0. The van der Waals surface area contributed by atoms with Gasteiger partial charge in [0.05, 0.1) is 19.2 Å². The minimum atomic E-state index is -0.246. The van der Waals surface area contributed by atoms with E-state index in [9.17, 15) is 9.59 Å². The van der Waals surface area contributed by atoms with Crippen LogP contribution in [0.25, 0.3) is 6.08 Å². The molecule has 0 spiro atoms. The van der Waals surface area contributed by atoms with Gasteiger partial charge in [-0.15, -0.1) is 0 Å². The molecule has 0 fully saturated rings. The van der Waals surface area contributed by atoms with Crippen molar-refractivity contribution in [3.8, 4) is 0 Å². The third-order valence-corrected chi connectivity index (χ3v) is 4.75. The molecule has 1 heterocycles. The van der Waals surface area contributed by atoms with Crippen LogP contribution in [0.4, 0.5) is 0 Å². The summed E-state index contributed by atoms with van der Waals surface area (Å²) >= 11 is 0. The number of hydrogen-bond acceptors (Lipinski definition) is 3. The fraction of sp³-hybridized carbons (Fsp3) is 0.200. The van der Waals surface area contributed by atoms with E-state index in [1.807, 2.05) is 84.4 Å². The zero-order chi connectivity index (χ0) is 20.6. The van der Waals surface area contributed by atoms with Gasteiger partial charge in [0.1, 0.15) is 0 Å². The van der Waals surface area contributed by atoms with Crippen LogP contribution in [0.3, 0.4) is 0 Å². The largest absolute Gasteiger partial charge is 0.469 e. The molecule has 0 unspecified atom stereocenters. The Kier molecular flexibility index (Phi) is 6.80. The second-order valence-electron chi connectivity index (χ2n) is 6.97. The number of aromatic nitrogens is 1. The fourth-order valence-corrected chi connectivity index (χ4v) is 3.15. The van der Waals surface area contributed by atoms with Gasteiger partial charge in [-0.1, -0.05) is 66.2 Å². The summed E-state index contributed by atoms with van der Waals surface area (Å²) in [6, 6.07) is 19.2. The van der Waals surface area contributed by atoms with Gasteiger partial charge in [-0.2, -0.15) is 0 Å². The van der Waals surface area contributed by atoms with Crippen LogP contribution in [-0.4, -0.2) is 23.4 Å². The van der Waals surface area contributed by atoms with Gasteiger partial charge in [0.25, 0.3) is 0 Å². The van der Waals surface area contributed by atoms with Crippen LogP contribution in [-0.2, 0) is 22.5 Å². The lowest BCUT2D eigenvalue weighted by Crippen LogP contribution is -2.09. The van der Waals surface area contributed by atoms with E-state index in [4.69, 9.17) is 4.74 Å². The van der Waals surface area contributed by atoms with Gasteiger partial charge in [-0.25, -0.2) is 0 Å². The van der Waals surface area contributed by atoms with E-state index < -0.39 is 0 Å². The standard InChI is InChI=1S/C25H25NO3/c1-19-11-13-22(14-12-19)25(28)23-10-6-16-26(23)15-4-3-7-20-8-5-9-21(17-20)18-24(27)29-2/h3,5-14,16-17H,4,15,18H2,1-2H3. The number of nitrogens with zero attached hydrogens (tertiary/aromatic N) is 1. The molecule has 29 heavy (non-hydrogen) atoms. The van der Waals surface area contributed by atoms with E-state index >= 15 is 0 Å². The van der Waals surface area contributed by atoms with Crippen LogP contribution in [0.2, 0.25) is 0 Å². The van der Waals surface area contributed by atoms with Gasteiger partial charge < -0.3 is 9.30 Å². The quantitative estimate of drug-likeness (QED) is 0.410. The lowest BCUT2D eigenvalue weighted by Gasteiger charge is -2.07. The topological polar surface area (TPSA) is 48.3 Å². The summed E-state index contributed by atoms with van der Waals surface area (Å²) in [5, 5.41) is 0. The monoisotopic (exact) mass is 387 g/mol. The number of esters is 1. The second-order valence-corrected chi connectivity index (χ2v) is 6.97. The highest BCUT2D eigenvalue weighted by Crippen LogP contribution is 2.14. The van der Waals surface area contributed by atoms with Crippen LogP contribution >= 0.6 is 0 Å². The Labute approximate surface area is 171 Å². The Bertz CT molecular complexity index is 1010. The van der Waals surface area contributed by atoms with Gasteiger partial charge >= 0.3 is 5.97 Å². The van der Waals surface area contributed by atoms with Crippen molar-refractivity contribution in [3.63, 3.8) is 0 Å². The normalized spacial score (nSPS) is 11.0. The first kappa shape index (κ1) is 20.3. The highest BCUT2D eigenvalue weighted by molar-refractivity contribution is 6.08. The molecule has 0 saturated carbocycles. The molecule has 0 bridgehead atoms. The molecule has 0 N–H and O–H groups in total.